The Labute approximate surface area is 182 Å². The number of aryl methyl sites for hydroxylation is 3. The van der Waals surface area contributed by atoms with Gasteiger partial charge in [0.1, 0.15) is 17.9 Å². The molecule has 0 N–H and O–H groups in total. The van der Waals surface area contributed by atoms with Crippen molar-refractivity contribution in [1.29, 1.82) is 0 Å². The van der Waals surface area contributed by atoms with E-state index in [9.17, 15) is 4.79 Å². The van der Waals surface area contributed by atoms with Crippen LogP contribution in [-0.2, 0) is 11.2 Å². The molecular weight excluding hydrogens is 392 g/mol. The number of anilines is 1. The van der Waals surface area contributed by atoms with Gasteiger partial charge in [0.25, 0.3) is 0 Å². The molecule has 0 aliphatic carbocycles. The van der Waals surface area contributed by atoms with E-state index >= 15 is 0 Å². The SMILES string of the molecule is COc1ccc(CCC(=O)N2CCN(c3cc(-n4nc(C)cc4C)ncn3)CC2)cc1. The van der Waals surface area contributed by atoms with Gasteiger partial charge in [0.2, 0.25) is 5.91 Å². The van der Waals surface area contributed by atoms with Gasteiger partial charge in [-0.15, -0.1) is 0 Å². The Morgan fingerprint density at radius 3 is 2.35 bits per heavy atom. The Morgan fingerprint density at radius 2 is 1.71 bits per heavy atom. The quantitative estimate of drug-likeness (QED) is 0.610. The number of benzene rings is 1. The summed E-state index contributed by atoms with van der Waals surface area (Å²) < 4.78 is 7.01. The van der Waals surface area contributed by atoms with Gasteiger partial charge in [-0.25, -0.2) is 14.6 Å². The second-order valence-corrected chi connectivity index (χ2v) is 7.79. The highest BCUT2D eigenvalue weighted by atomic mass is 16.5. The lowest BCUT2D eigenvalue weighted by molar-refractivity contribution is -0.131. The van der Waals surface area contributed by atoms with E-state index in [1.807, 2.05) is 59.8 Å². The van der Waals surface area contributed by atoms with Crippen molar-refractivity contribution in [3.63, 3.8) is 0 Å². The van der Waals surface area contributed by atoms with Crippen molar-refractivity contribution < 1.29 is 9.53 Å². The molecule has 0 radical (unpaired) electrons. The predicted octanol–water partition coefficient (Wildman–Crippen LogP) is 2.57. The minimum atomic E-state index is 0.196. The van der Waals surface area contributed by atoms with E-state index in [0.29, 0.717) is 19.5 Å². The Balaban J connectivity index is 1.32. The van der Waals surface area contributed by atoms with Crippen molar-refractivity contribution in [2.45, 2.75) is 26.7 Å². The van der Waals surface area contributed by atoms with E-state index in [1.165, 1.54) is 0 Å². The molecule has 1 aromatic carbocycles. The van der Waals surface area contributed by atoms with Crippen molar-refractivity contribution in [1.82, 2.24) is 24.6 Å². The Hall–Kier alpha value is -3.42. The smallest absolute Gasteiger partial charge is 0.223 e. The maximum atomic E-state index is 12.7. The monoisotopic (exact) mass is 420 g/mol. The highest BCUT2D eigenvalue weighted by Crippen LogP contribution is 2.18. The van der Waals surface area contributed by atoms with Crippen molar-refractivity contribution in [2.75, 3.05) is 38.2 Å². The zero-order chi connectivity index (χ0) is 21.8. The number of hydrogen-bond acceptors (Lipinski definition) is 6. The minimum absolute atomic E-state index is 0.196. The molecule has 0 spiro atoms. The lowest BCUT2D eigenvalue weighted by Crippen LogP contribution is -2.49. The molecule has 1 aliphatic heterocycles. The van der Waals surface area contributed by atoms with Crippen LogP contribution >= 0.6 is 0 Å². The zero-order valence-electron chi connectivity index (χ0n) is 18.3. The van der Waals surface area contributed by atoms with Gasteiger partial charge in [0.15, 0.2) is 5.82 Å². The highest BCUT2D eigenvalue weighted by molar-refractivity contribution is 5.76. The molecule has 1 saturated heterocycles. The molecule has 1 amide bonds. The first-order chi connectivity index (χ1) is 15.0. The number of aromatic nitrogens is 4. The number of piperazine rings is 1. The van der Waals surface area contributed by atoms with E-state index in [1.54, 1.807) is 13.4 Å². The average Bonchev–Trinajstić information content (AvgIpc) is 3.16. The molecule has 3 heterocycles. The normalized spacial score (nSPS) is 14.0. The summed E-state index contributed by atoms with van der Waals surface area (Å²) in [5, 5.41) is 4.51. The summed E-state index contributed by atoms with van der Waals surface area (Å²) in [6.45, 7) is 6.87. The second-order valence-electron chi connectivity index (χ2n) is 7.79. The zero-order valence-corrected chi connectivity index (χ0v) is 18.3. The first-order valence-electron chi connectivity index (χ1n) is 10.5. The topological polar surface area (TPSA) is 76.4 Å². The fraction of sp³-hybridized carbons (Fsp3) is 0.391. The Bertz CT molecular complexity index is 1040. The number of rotatable bonds is 6. The summed E-state index contributed by atoms with van der Waals surface area (Å²) in [6.07, 6.45) is 2.83. The fourth-order valence-electron chi connectivity index (χ4n) is 3.87. The number of carbonyl (C=O) groups is 1. The number of amides is 1. The summed E-state index contributed by atoms with van der Waals surface area (Å²) in [6, 6.07) is 11.9. The molecule has 0 bridgehead atoms. The van der Waals surface area contributed by atoms with Crippen LogP contribution in [0.5, 0.6) is 5.75 Å². The third-order valence-corrected chi connectivity index (χ3v) is 5.61. The molecule has 31 heavy (non-hydrogen) atoms. The van der Waals surface area contributed by atoms with Crippen molar-refractivity contribution >= 4 is 11.7 Å². The predicted molar refractivity (Wildman–Crippen MR) is 119 cm³/mol. The molecule has 2 aromatic heterocycles. The van der Waals surface area contributed by atoms with Gasteiger partial charge in [-0.3, -0.25) is 4.79 Å². The number of ether oxygens (including phenoxy) is 1. The molecule has 0 atom stereocenters. The molecule has 162 valence electrons. The molecule has 8 heteroatoms. The number of methoxy groups -OCH3 is 1. The highest BCUT2D eigenvalue weighted by Gasteiger charge is 2.22. The molecule has 1 fully saturated rings. The fourth-order valence-corrected chi connectivity index (χ4v) is 3.87. The number of hydrogen-bond donors (Lipinski definition) is 0. The van der Waals surface area contributed by atoms with Crippen LogP contribution in [0.25, 0.3) is 5.82 Å². The first-order valence-corrected chi connectivity index (χ1v) is 10.5. The van der Waals surface area contributed by atoms with Gasteiger partial charge in [0.05, 0.1) is 12.8 Å². The van der Waals surface area contributed by atoms with Crippen molar-refractivity contribution in [2.24, 2.45) is 0 Å². The van der Waals surface area contributed by atoms with E-state index in [2.05, 4.69) is 20.0 Å². The van der Waals surface area contributed by atoms with E-state index < -0.39 is 0 Å². The van der Waals surface area contributed by atoms with Gasteiger partial charge in [-0.1, -0.05) is 12.1 Å². The molecule has 8 nitrogen and oxygen atoms in total. The summed E-state index contributed by atoms with van der Waals surface area (Å²) in [7, 11) is 1.65. The number of nitrogens with zero attached hydrogens (tertiary/aromatic N) is 6. The summed E-state index contributed by atoms with van der Waals surface area (Å²) in [5.41, 5.74) is 3.14. The average molecular weight is 421 g/mol. The third-order valence-electron chi connectivity index (χ3n) is 5.61. The Morgan fingerprint density at radius 1 is 1.00 bits per heavy atom. The molecule has 0 unspecified atom stereocenters. The minimum Gasteiger partial charge on any atom is -0.497 e. The largest absolute Gasteiger partial charge is 0.497 e. The lowest BCUT2D eigenvalue weighted by Gasteiger charge is -2.35. The summed E-state index contributed by atoms with van der Waals surface area (Å²) in [5.74, 6) is 2.65. The van der Waals surface area contributed by atoms with Gasteiger partial charge in [0, 0.05) is 44.4 Å². The van der Waals surface area contributed by atoms with Crippen LogP contribution < -0.4 is 9.64 Å². The van der Waals surface area contributed by atoms with Gasteiger partial charge in [-0.2, -0.15) is 5.10 Å². The van der Waals surface area contributed by atoms with Gasteiger partial charge in [-0.05, 0) is 44.0 Å². The molecule has 0 saturated carbocycles. The maximum absolute atomic E-state index is 12.7. The lowest BCUT2D eigenvalue weighted by atomic mass is 10.1. The first kappa shape index (κ1) is 20.8. The van der Waals surface area contributed by atoms with E-state index in [4.69, 9.17) is 4.74 Å². The molecule has 1 aliphatic rings. The summed E-state index contributed by atoms with van der Waals surface area (Å²) in [4.78, 5) is 25.6. The summed E-state index contributed by atoms with van der Waals surface area (Å²) >= 11 is 0. The van der Waals surface area contributed by atoms with Crippen LogP contribution in [0.3, 0.4) is 0 Å². The molecule has 3 aromatic rings. The van der Waals surface area contributed by atoms with Crippen molar-refractivity contribution in [3.05, 3.63) is 59.7 Å². The van der Waals surface area contributed by atoms with E-state index in [-0.39, 0.29) is 5.91 Å². The van der Waals surface area contributed by atoms with Gasteiger partial charge >= 0.3 is 0 Å². The standard InChI is InChI=1S/C23H28N6O2/c1-17-14-18(2)29(26-17)22-15-21(24-16-25-22)27-10-12-28(13-11-27)23(30)9-6-19-4-7-20(31-3)8-5-19/h4-5,7-8,14-16H,6,9-13H2,1-3H3. The van der Waals surface area contributed by atoms with Crippen LogP contribution in [0.2, 0.25) is 0 Å². The van der Waals surface area contributed by atoms with Crippen LogP contribution in [0, 0.1) is 13.8 Å². The van der Waals surface area contributed by atoms with Crippen molar-refractivity contribution in [3.8, 4) is 11.6 Å². The van der Waals surface area contributed by atoms with Crippen LogP contribution in [0.1, 0.15) is 23.4 Å². The third kappa shape index (κ3) is 4.84. The second kappa shape index (κ2) is 9.16. The Kier molecular flexibility index (Phi) is 6.16. The van der Waals surface area contributed by atoms with E-state index in [0.717, 1.165) is 53.8 Å². The van der Waals surface area contributed by atoms with Crippen LogP contribution in [0.15, 0.2) is 42.7 Å². The van der Waals surface area contributed by atoms with Crippen LogP contribution in [0.4, 0.5) is 5.82 Å². The maximum Gasteiger partial charge on any atom is 0.223 e. The number of carbonyl (C=O) groups excluding carboxylic acids is 1. The molecule has 4 rings (SSSR count). The molecular formula is C23H28N6O2. The van der Waals surface area contributed by atoms with Crippen LogP contribution in [-0.4, -0.2) is 63.8 Å². The van der Waals surface area contributed by atoms with Gasteiger partial charge < -0.3 is 14.5 Å².